The molecule has 1 aromatic heterocycles. The number of rotatable bonds is 6. The van der Waals surface area contributed by atoms with Crippen molar-refractivity contribution in [2.24, 2.45) is 5.16 Å². The van der Waals surface area contributed by atoms with E-state index in [4.69, 9.17) is 16.4 Å². The number of oxime groups is 1. The van der Waals surface area contributed by atoms with Crippen LogP contribution < -0.4 is 0 Å². The van der Waals surface area contributed by atoms with Crippen LogP contribution in [0.2, 0.25) is 0 Å². The second-order valence-electron chi connectivity index (χ2n) is 5.00. The Morgan fingerprint density at radius 1 is 1.38 bits per heavy atom. The van der Waals surface area contributed by atoms with Gasteiger partial charge in [0.25, 0.3) is 0 Å². The van der Waals surface area contributed by atoms with E-state index < -0.39 is 12.3 Å². The Labute approximate surface area is 129 Å². The van der Waals surface area contributed by atoms with Crippen LogP contribution >= 0.6 is 11.6 Å². The zero-order valence-electron chi connectivity index (χ0n) is 11.7. The minimum absolute atomic E-state index is 0.117. The minimum atomic E-state index is -1.02. The van der Waals surface area contributed by atoms with Gasteiger partial charge in [-0.3, -0.25) is 9.88 Å². The van der Waals surface area contributed by atoms with Gasteiger partial charge in [0.2, 0.25) is 0 Å². The van der Waals surface area contributed by atoms with Crippen molar-refractivity contribution in [3.05, 3.63) is 30.1 Å². The number of halogens is 1. The maximum Gasteiger partial charge on any atom is 0.177 e. The Hall–Kier alpha value is -1.21. The van der Waals surface area contributed by atoms with E-state index in [9.17, 15) is 10.2 Å². The first-order valence-corrected chi connectivity index (χ1v) is 7.42. The molecule has 1 aliphatic rings. The van der Waals surface area contributed by atoms with Crippen LogP contribution in [0.1, 0.15) is 24.8 Å². The molecule has 1 saturated heterocycles. The molecular formula is C14H20ClN3O3. The number of nitrogens with zero attached hydrogens (tertiary/aromatic N) is 3. The van der Waals surface area contributed by atoms with Gasteiger partial charge in [-0.05, 0) is 25.0 Å². The van der Waals surface area contributed by atoms with Crippen molar-refractivity contribution in [1.29, 1.82) is 0 Å². The second-order valence-corrected chi connectivity index (χ2v) is 5.36. The van der Waals surface area contributed by atoms with E-state index in [0.29, 0.717) is 5.56 Å². The molecule has 116 valence electrons. The lowest BCUT2D eigenvalue weighted by atomic mass is 10.1. The van der Waals surface area contributed by atoms with Crippen molar-refractivity contribution < 1.29 is 15.1 Å². The standard InChI is InChI=1S/C14H20ClN3O3/c15-13(11-5-4-6-16-9-11)17-21-10-12(19)14(20)18-7-2-1-3-8-18/h4-6,9,12,14,19-20H,1-3,7-8,10H2. The van der Waals surface area contributed by atoms with Crippen LogP contribution in [-0.2, 0) is 4.84 Å². The fraction of sp³-hybridized carbons (Fsp3) is 0.571. The maximum absolute atomic E-state index is 10.0. The van der Waals surface area contributed by atoms with Crippen LogP contribution in [0.3, 0.4) is 0 Å². The summed E-state index contributed by atoms with van der Waals surface area (Å²) in [6, 6.07) is 3.49. The monoisotopic (exact) mass is 313 g/mol. The van der Waals surface area contributed by atoms with Gasteiger partial charge in [0, 0.05) is 31.0 Å². The molecule has 21 heavy (non-hydrogen) atoms. The van der Waals surface area contributed by atoms with Crippen LogP contribution in [0.15, 0.2) is 29.7 Å². The molecule has 0 saturated carbocycles. The van der Waals surface area contributed by atoms with Crippen LogP contribution in [0, 0.1) is 0 Å². The van der Waals surface area contributed by atoms with E-state index in [1.807, 2.05) is 4.90 Å². The highest BCUT2D eigenvalue weighted by Crippen LogP contribution is 2.13. The summed E-state index contributed by atoms with van der Waals surface area (Å²) in [5.41, 5.74) is 0.630. The van der Waals surface area contributed by atoms with Crippen molar-refractivity contribution in [2.45, 2.75) is 31.6 Å². The summed E-state index contributed by atoms with van der Waals surface area (Å²) < 4.78 is 0. The lowest BCUT2D eigenvalue weighted by molar-refractivity contribution is -0.114. The molecule has 0 radical (unpaired) electrons. The SMILES string of the molecule is OC(CON=C(Cl)c1cccnc1)C(O)N1CCCCC1. The Kier molecular flexibility index (Phi) is 6.38. The van der Waals surface area contributed by atoms with Crippen molar-refractivity contribution in [3.8, 4) is 0 Å². The third-order valence-electron chi connectivity index (χ3n) is 3.40. The lowest BCUT2D eigenvalue weighted by Gasteiger charge is -2.33. The highest BCUT2D eigenvalue weighted by molar-refractivity contribution is 6.69. The Morgan fingerprint density at radius 2 is 2.14 bits per heavy atom. The molecule has 1 aromatic rings. The molecular weight excluding hydrogens is 294 g/mol. The highest BCUT2D eigenvalue weighted by atomic mass is 35.5. The molecule has 0 aromatic carbocycles. The molecule has 0 amide bonds. The minimum Gasteiger partial charge on any atom is -0.392 e. The number of likely N-dealkylation sites (tertiary alicyclic amines) is 1. The molecule has 0 aliphatic carbocycles. The summed E-state index contributed by atoms with van der Waals surface area (Å²) in [6.45, 7) is 1.46. The number of piperidine rings is 1. The van der Waals surface area contributed by atoms with Crippen LogP contribution in [0.25, 0.3) is 0 Å². The second kappa shape index (κ2) is 8.29. The Bertz CT molecular complexity index is 452. The van der Waals surface area contributed by atoms with Gasteiger partial charge in [0.1, 0.15) is 18.9 Å². The van der Waals surface area contributed by atoms with Gasteiger partial charge in [-0.25, -0.2) is 0 Å². The number of aliphatic hydroxyl groups excluding tert-OH is 2. The molecule has 2 heterocycles. The van der Waals surface area contributed by atoms with Gasteiger partial charge in [-0.15, -0.1) is 0 Å². The maximum atomic E-state index is 10.0. The summed E-state index contributed by atoms with van der Waals surface area (Å²) in [4.78, 5) is 10.8. The first kappa shape index (κ1) is 16.2. The first-order valence-electron chi connectivity index (χ1n) is 7.04. The zero-order valence-corrected chi connectivity index (χ0v) is 12.5. The predicted octanol–water partition coefficient (Wildman–Crippen LogP) is 1.16. The molecule has 2 rings (SSSR count). The van der Waals surface area contributed by atoms with Gasteiger partial charge in [-0.2, -0.15) is 0 Å². The van der Waals surface area contributed by atoms with Gasteiger partial charge in [0.05, 0.1) is 0 Å². The molecule has 2 unspecified atom stereocenters. The quantitative estimate of drug-likeness (QED) is 0.609. The van der Waals surface area contributed by atoms with E-state index in [1.165, 1.54) is 6.42 Å². The summed E-state index contributed by atoms with van der Waals surface area (Å²) in [5, 5.41) is 23.8. The number of hydrogen-bond acceptors (Lipinski definition) is 6. The van der Waals surface area contributed by atoms with Crippen LogP contribution in [-0.4, -0.2) is 57.3 Å². The Balaban J connectivity index is 1.79. The smallest absolute Gasteiger partial charge is 0.177 e. The Morgan fingerprint density at radius 3 is 2.81 bits per heavy atom. The fourth-order valence-electron chi connectivity index (χ4n) is 2.22. The van der Waals surface area contributed by atoms with Crippen LogP contribution in [0.4, 0.5) is 0 Å². The first-order chi connectivity index (χ1) is 10.2. The number of pyridine rings is 1. The molecule has 0 spiro atoms. The summed E-state index contributed by atoms with van der Waals surface area (Å²) >= 11 is 5.95. The molecule has 2 atom stereocenters. The fourth-order valence-corrected chi connectivity index (χ4v) is 2.38. The third-order valence-corrected chi connectivity index (χ3v) is 3.69. The van der Waals surface area contributed by atoms with E-state index in [2.05, 4.69) is 10.1 Å². The summed E-state index contributed by atoms with van der Waals surface area (Å²) in [5.74, 6) is 0. The third kappa shape index (κ3) is 4.93. The lowest BCUT2D eigenvalue weighted by Crippen LogP contribution is -2.47. The number of aromatic nitrogens is 1. The summed E-state index contributed by atoms with van der Waals surface area (Å²) in [6.07, 6.45) is 4.48. The molecule has 1 aliphatic heterocycles. The van der Waals surface area contributed by atoms with Gasteiger partial charge in [0.15, 0.2) is 5.17 Å². The normalized spacial score (nSPS) is 20.0. The van der Waals surface area contributed by atoms with Crippen LogP contribution in [0.5, 0.6) is 0 Å². The number of aliphatic hydroxyl groups is 2. The van der Waals surface area contributed by atoms with E-state index in [1.54, 1.807) is 24.5 Å². The largest absolute Gasteiger partial charge is 0.392 e. The van der Waals surface area contributed by atoms with Gasteiger partial charge >= 0.3 is 0 Å². The predicted molar refractivity (Wildman–Crippen MR) is 80.0 cm³/mol. The van der Waals surface area contributed by atoms with E-state index in [-0.39, 0.29) is 11.8 Å². The van der Waals surface area contributed by atoms with Gasteiger partial charge < -0.3 is 15.1 Å². The van der Waals surface area contributed by atoms with Gasteiger partial charge in [-0.1, -0.05) is 23.2 Å². The van der Waals surface area contributed by atoms with E-state index in [0.717, 1.165) is 25.9 Å². The molecule has 2 N–H and O–H groups in total. The van der Waals surface area contributed by atoms with E-state index >= 15 is 0 Å². The average Bonchev–Trinajstić information content (AvgIpc) is 2.55. The molecule has 1 fully saturated rings. The average molecular weight is 314 g/mol. The highest BCUT2D eigenvalue weighted by Gasteiger charge is 2.25. The molecule has 6 nitrogen and oxygen atoms in total. The molecule has 7 heteroatoms. The van der Waals surface area contributed by atoms with Crippen molar-refractivity contribution in [3.63, 3.8) is 0 Å². The van der Waals surface area contributed by atoms with Crippen molar-refractivity contribution >= 4 is 16.8 Å². The summed E-state index contributed by atoms with van der Waals surface area (Å²) in [7, 11) is 0. The van der Waals surface area contributed by atoms with Crippen molar-refractivity contribution in [2.75, 3.05) is 19.7 Å². The number of hydrogen-bond donors (Lipinski definition) is 2. The zero-order chi connectivity index (χ0) is 15.1. The molecule has 0 bridgehead atoms. The topological polar surface area (TPSA) is 78.2 Å². The van der Waals surface area contributed by atoms with Crippen molar-refractivity contribution in [1.82, 2.24) is 9.88 Å².